The molecule has 1 aliphatic rings. The number of carbonyl (C=O) groups excluding carboxylic acids is 1. The minimum atomic E-state index is -0.0410. The Morgan fingerprint density at radius 3 is 2.81 bits per heavy atom. The Morgan fingerprint density at radius 1 is 1.43 bits per heavy atom. The van der Waals surface area contributed by atoms with Crippen LogP contribution in [0.5, 0.6) is 5.75 Å². The molecule has 4 nitrogen and oxygen atoms in total. The van der Waals surface area contributed by atoms with Crippen molar-refractivity contribution in [2.75, 3.05) is 11.4 Å². The maximum Gasteiger partial charge on any atom is 0.274 e. The molecular weight excluding hydrogens is 332 g/mol. The number of phenolic OH excluding ortho intramolecular Hbond substituents is 1. The number of rotatable bonds is 4. The van der Waals surface area contributed by atoms with Crippen LogP contribution in [0.4, 0.5) is 5.69 Å². The Labute approximate surface area is 132 Å². The quantitative estimate of drug-likeness (QED) is 0.908. The molecule has 1 aromatic heterocycles. The summed E-state index contributed by atoms with van der Waals surface area (Å²) in [7, 11) is 0. The molecule has 0 unspecified atom stereocenters. The molecule has 110 valence electrons. The van der Waals surface area contributed by atoms with Crippen LogP contribution in [0.2, 0.25) is 0 Å². The summed E-state index contributed by atoms with van der Waals surface area (Å²) in [6, 6.07) is 9.10. The molecule has 0 aliphatic heterocycles. The number of aromatic nitrogens is 1. The van der Waals surface area contributed by atoms with E-state index in [0.717, 1.165) is 17.3 Å². The van der Waals surface area contributed by atoms with Gasteiger partial charge in [-0.25, -0.2) is 0 Å². The van der Waals surface area contributed by atoms with Crippen LogP contribution in [0.3, 0.4) is 0 Å². The molecule has 5 heteroatoms. The highest BCUT2D eigenvalue weighted by Crippen LogP contribution is 2.38. The zero-order chi connectivity index (χ0) is 15.0. The summed E-state index contributed by atoms with van der Waals surface area (Å²) in [5, 5.41) is 9.62. The lowest BCUT2D eigenvalue weighted by atomic mass is 10.2. The normalized spacial score (nSPS) is 14.2. The number of anilines is 1. The molecule has 1 saturated carbocycles. The molecule has 1 amide bonds. The van der Waals surface area contributed by atoms with Crippen LogP contribution in [-0.4, -0.2) is 22.1 Å². The standard InChI is InChI=1S/C16H17BrN2O2/c1-2-18(13-4-3-5-14(20)9-13)16(21)15-8-11(17)10-19(15)12-6-7-12/h3-5,8-10,12,20H,2,6-7H2,1H3. The van der Waals surface area contributed by atoms with Crippen LogP contribution >= 0.6 is 15.9 Å². The van der Waals surface area contributed by atoms with Gasteiger partial charge >= 0.3 is 0 Å². The van der Waals surface area contributed by atoms with Gasteiger partial charge in [0.25, 0.3) is 5.91 Å². The average Bonchev–Trinajstić information content (AvgIpc) is 3.22. The van der Waals surface area contributed by atoms with Crippen LogP contribution in [0.1, 0.15) is 36.3 Å². The van der Waals surface area contributed by atoms with E-state index in [1.165, 1.54) is 0 Å². The Kier molecular flexibility index (Phi) is 3.76. The van der Waals surface area contributed by atoms with Crippen molar-refractivity contribution < 1.29 is 9.90 Å². The van der Waals surface area contributed by atoms with Gasteiger partial charge in [-0.2, -0.15) is 0 Å². The number of carbonyl (C=O) groups is 1. The van der Waals surface area contributed by atoms with Crippen LogP contribution in [0.25, 0.3) is 0 Å². The van der Waals surface area contributed by atoms with Gasteiger partial charge in [0.05, 0.1) is 0 Å². The van der Waals surface area contributed by atoms with Crippen LogP contribution in [0.15, 0.2) is 41.0 Å². The van der Waals surface area contributed by atoms with E-state index in [2.05, 4.69) is 20.5 Å². The molecule has 2 aromatic rings. The van der Waals surface area contributed by atoms with Gasteiger partial charge in [-0.1, -0.05) is 6.07 Å². The average molecular weight is 349 g/mol. The van der Waals surface area contributed by atoms with E-state index < -0.39 is 0 Å². The summed E-state index contributed by atoms with van der Waals surface area (Å²) in [5.74, 6) is 0.123. The van der Waals surface area contributed by atoms with E-state index in [9.17, 15) is 9.90 Å². The lowest BCUT2D eigenvalue weighted by Crippen LogP contribution is -2.32. The predicted octanol–water partition coefficient (Wildman–Crippen LogP) is 3.96. The molecule has 0 bridgehead atoms. The van der Waals surface area contributed by atoms with Crippen molar-refractivity contribution >= 4 is 27.5 Å². The second kappa shape index (κ2) is 5.56. The zero-order valence-electron chi connectivity index (χ0n) is 11.8. The highest BCUT2D eigenvalue weighted by molar-refractivity contribution is 9.10. The molecule has 1 heterocycles. The number of benzene rings is 1. The van der Waals surface area contributed by atoms with E-state index >= 15 is 0 Å². The summed E-state index contributed by atoms with van der Waals surface area (Å²) in [6.07, 6.45) is 4.22. The van der Waals surface area contributed by atoms with Crippen molar-refractivity contribution in [2.45, 2.75) is 25.8 Å². The Morgan fingerprint density at radius 2 is 2.19 bits per heavy atom. The van der Waals surface area contributed by atoms with Crippen molar-refractivity contribution in [2.24, 2.45) is 0 Å². The van der Waals surface area contributed by atoms with Gasteiger partial charge in [0.1, 0.15) is 11.4 Å². The summed E-state index contributed by atoms with van der Waals surface area (Å²) < 4.78 is 2.97. The van der Waals surface area contributed by atoms with Crippen molar-refractivity contribution in [1.82, 2.24) is 4.57 Å². The molecule has 21 heavy (non-hydrogen) atoms. The third-order valence-electron chi connectivity index (χ3n) is 3.68. The minimum Gasteiger partial charge on any atom is -0.508 e. The first-order chi connectivity index (χ1) is 10.1. The third kappa shape index (κ3) is 2.83. The molecule has 1 fully saturated rings. The van der Waals surface area contributed by atoms with E-state index in [0.29, 0.717) is 24.0 Å². The van der Waals surface area contributed by atoms with Gasteiger partial charge in [-0.3, -0.25) is 4.79 Å². The Bertz CT molecular complexity index is 677. The van der Waals surface area contributed by atoms with Gasteiger partial charge in [-0.05, 0) is 53.9 Å². The molecule has 0 spiro atoms. The number of nitrogens with zero attached hydrogens (tertiary/aromatic N) is 2. The maximum atomic E-state index is 12.9. The molecule has 3 rings (SSSR count). The number of aromatic hydroxyl groups is 1. The monoisotopic (exact) mass is 348 g/mol. The summed E-state index contributed by atoms with van der Waals surface area (Å²) >= 11 is 3.45. The van der Waals surface area contributed by atoms with Gasteiger partial charge in [0.15, 0.2) is 0 Å². The first-order valence-electron chi connectivity index (χ1n) is 7.08. The number of amides is 1. The van der Waals surface area contributed by atoms with Crippen LogP contribution < -0.4 is 4.90 Å². The summed E-state index contributed by atoms with van der Waals surface area (Å²) in [6.45, 7) is 2.48. The topological polar surface area (TPSA) is 45.5 Å². The van der Waals surface area contributed by atoms with Crippen molar-refractivity contribution in [1.29, 1.82) is 0 Å². The maximum absolute atomic E-state index is 12.9. The Balaban J connectivity index is 1.96. The summed E-state index contributed by atoms with van der Waals surface area (Å²) in [4.78, 5) is 14.5. The lowest BCUT2D eigenvalue weighted by Gasteiger charge is -2.22. The number of phenols is 1. The molecule has 1 aliphatic carbocycles. The molecule has 0 atom stereocenters. The van der Waals surface area contributed by atoms with Gasteiger partial charge in [0, 0.05) is 35.0 Å². The SMILES string of the molecule is CCN(C(=O)c1cc(Br)cn1C1CC1)c1cccc(O)c1. The molecule has 1 aromatic carbocycles. The fraction of sp³-hybridized carbons (Fsp3) is 0.312. The van der Waals surface area contributed by atoms with E-state index in [1.807, 2.05) is 25.3 Å². The largest absolute Gasteiger partial charge is 0.508 e. The van der Waals surface area contributed by atoms with Gasteiger partial charge < -0.3 is 14.6 Å². The van der Waals surface area contributed by atoms with E-state index in [1.54, 1.807) is 23.1 Å². The number of hydrogen-bond donors (Lipinski definition) is 1. The van der Waals surface area contributed by atoms with Crippen molar-refractivity contribution in [3.63, 3.8) is 0 Å². The fourth-order valence-electron chi connectivity index (χ4n) is 2.51. The number of halogens is 1. The first kappa shape index (κ1) is 14.2. The minimum absolute atomic E-state index is 0.0410. The molecule has 0 saturated heterocycles. The first-order valence-corrected chi connectivity index (χ1v) is 7.87. The Hall–Kier alpha value is -1.75. The molecular formula is C16H17BrN2O2. The van der Waals surface area contributed by atoms with Crippen molar-refractivity contribution in [3.05, 3.63) is 46.7 Å². The highest BCUT2D eigenvalue weighted by atomic mass is 79.9. The zero-order valence-corrected chi connectivity index (χ0v) is 13.4. The van der Waals surface area contributed by atoms with E-state index in [4.69, 9.17) is 0 Å². The van der Waals surface area contributed by atoms with Gasteiger partial charge in [-0.15, -0.1) is 0 Å². The van der Waals surface area contributed by atoms with Gasteiger partial charge in [0.2, 0.25) is 0 Å². The summed E-state index contributed by atoms with van der Waals surface area (Å²) in [5.41, 5.74) is 1.40. The lowest BCUT2D eigenvalue weighted by molar-refractivity contribution is 0.0979. The smallest absolute Gasteiger partial charge is 0.274 e. The van der Waals surface area contributed by atoms with E-state index in [-0.39, 0.29) is 11.7 Å². The highest BCUT2D eigenvalue weighted by Gasteiger charge is 2.29. The third-order valence-corrected chi connectivity index (χ3v) is 4.11. The predicted molar refractivity (Wildman–Crippen MR) is 85.9 cm³/mol. The second-order valence-corrected chi connectivity index (χ2v) is 6.17. The van der Waals surface area contributed by atoms with Crippen LogP contribution in [0, 0.1) is 0 Å². The van der Waals surface area contributed by atoms with Crippen LogP contribution in [-0.2, 0) is 0 Å². The fourth-order valence-corrected chi connectivity index (χ4v) is 2.95. The second-order valence-electron chi connectivity index (χ2n) is 5.25. The number of hydrogen-bond acceptors (Lipinski definition) is 2. The molecule has 1 N–H and O–H groups in total. The molecule has 0 radical (unpaired) electrons. The van der Waals surface area contributed by atoms with Crippen molar-refractivity contribution in [3.8, 4) is 5.75 Å².